The Morgan fingerprint density at radius 1 is 1.40 bits per heavy atom. The molecule has 1 fully saturated rings. The zero-order chi connectivity index (χ0) is 25.4. The summed E-state index contributed by atoms with van der Waals surface area (Å²) >= 11 is 6.03. The molecule has 188 valence electrons. The molecule has 0 aliphatic carbocycles. The van der Waals surface area contributed by atoms with Crippen molar-refractivity contribution in [2.24, 2.45) is 0 Å². The molecule has 1 aromatic carbocycles. The van der Waals surface area contributed by atoms with Gasteiger partial charge in [0.1, 0.15) is 12.4 Å². The first-order valence-corrected chi connectivity index (χ1v) is 15.5. The Morgan fingerprint density at radius 3 is 2.89 bits per heavy atom. The maximum absolute atomic E-state index is 15.1. The van der Waals surface area contributed by atoms with Gasteiger partial charge in [-0.25, -0.2) is 14.2 Å². The third-order valence-electron chi connectivity index (χ3n) is 6.15. The van der Waals surface area contributed by atoms with E-state index in [9.17, 15) is 14.4 Å². The van der Waals surface area contributed by atoms with E-state index in [1.807, 2.05) is 0 Å². The van der Waals surface area contributed by atoms with Crippen LogP contribution in [-0.2, 0) is 21.8 Å². The number of nitrogens with zero attached hydrogens (tertiary/aromatic N) is 3. The second kappa shape index (κ2) is 9.71. The largest absolute Gasteiger partial charge is 0.436 e. The van der Waals surface area contributed by atoms with Crippen molar-refractivity contribution in [2.45, 2.75) is 50.9 Å². The summed E-state index contributed by atoms with van der Waals surface area (Å²) in [7, 11) is -1.29. The number of ether oxygens (including phenoxy) is 2. The first-order valence-electron chi connectivity index (χ1n) is 11.4. The first kappa shape index (κ1) is 25.3. The van der Waals surface area contributed by atoms with Gasteiger partial charge in [-0.1, -0.05) is 31.2 Å². The number of piperidine rings is 1. The van der Waals surface area contributed by atoms with Crippen LogP contribution in [0.25, 0.3) is 0 Å². The Kier molecular flexibility index (Phi) is 7.03. The van der Waals surface area contributed by atoms with Gasteiger partial charge < -0.3 is 18.9 Å². The lowest BCUT2D eigenvalue weighted by atomic mass is 9.83. The van der Waals surface area contributed by atoms with E-state index in [1.54, 1.807) is 0 Å². The van der Waals surface area contributed by atoms with Crippen LogP contribution < -0.4 is 5.32 Å². The lowest BCUT2D eigenvalue weighted by Crippen LogP contribution is -2.53. The van der Waals surface area contributed by atoms with Crippen molar-refractivity contribution < 1.29 is 28.2 Å². The maximum Gasteiger partial charge on any atom is 0.412 e. The molecule has 1 atom stereocenters. The fourth-order valence-corrected chi connectivity index (χ4v) is 5.31. The van der Waals surface area contributed by atoms with Gasteiger partial charge >= 0.3 is 6.09 Å². The lowest BCUT2D eigenvalue weighted by Gasteiger charge is -2.45. The second-order valence-electron chi connectivity index (χ2n) is 10.0. The number of fused-ring (bicyclic) bond motifs is 2. The van der Waals surface area contributed by atoms with Gasteiger partial charge in [0.15, 0.2) is 17.7 Å². The number of carbonyl (C=O) groups excluding carboxylic acids is 3. The van der Waals surface area contributed by atoms with Gasteiger partial charge in [-0.15, -0.1) is 0 Å². The van der Waals surface area contributed by atoms with E-state index in [2.05, 4.69) is 29.9 Å². The summed E-state index contributed by atoms with van der Waals surface area (Å²) in [4.78, 5) is 42.8. The number of likely N-dealkylation sites (tertiary alicyclic amines) is 1. The molecule has 12 heteroatoms. The molecule has 35 heavy (non-hydrogen) atoms. The van der Waals surface area contributed by atoms with Crippen molar-refractivity contribution >= 4 is 43.6 Å². The fraction of sp³-hybridized carbons (Fsp3) is 0.478. The van der Waals surface area contributed by atoms with Crippen LogP contribution in [-0.4, -0.2) is 60.5 Å². The van der Waals surface area contributed by atoms with E-state index in [-0.39, 0.29) is 41.1 Å². The summed E-state index contributed by atoms with van der Waals surface area (Å²) in [6.45, 7) is 7.58. The van der Waals surface area contributed by atoms with Crippen molar-refractivity contribution in [3.05, 3.63) is 46.3 Å². The van der Waals surface area contributed by atoms with Crippen molar-refractivity contribution in [3.63, 3.8) is 0 Å². The predicted molar refractivity (Wildman–Crippen MR) is 130 cm³/mol. The summed E-state index contributed by atoms with van der Waals surface area (Å²) < 4.78 is 28.0. The van der Waals surface area contributed by atoms with Crippen LogP contribution in [0.15, 0.2) is 18.3 Å². The van der Waals surface area contributed by atoms with Crippen LogP contribution in [0.3, 0.4) is 0 Å². The molecule has 1 aromatic heterocycles. The molecule has 0 radical (unpaired) electrons. The molecule has 1 N–H and O–H groups in total. The third kappa shape index (κ3) is 5.26. The number of carbonyl (C=O) groups is 3. The molecular weight excluding hydrogens is 495 g/mol. The van der Waals surface area contributed by atoms with Crippen LogP contribution in [0.2, 0.25) is 30.7 Å². The fourth-order valence-electron chi connectivity index (χ4n) is 4.39. The Bertz CT molecular complexity index is 1170. The Morgan fingerprint density at radius 2 is 2.17 bits per heavy atom. The monoisotopic (exact) mass is 522 g/mol. The number of imidazole rings is 1. The van der Waals surface area contributed by atoms with E-state index in [0.29, 0.717) is 32.3 Å². The average Bonchev–Trinajstić information content (AvgIpc) is 3.21. The molecule has 0 saturated carbocycles. The molecule has 2 amide bonds. The van der Waals surface area contributed by atoms with Gasteiger partial charge in [-0.05, 0) is 31.0 Å². The van der Waals surface area contributed by atoms with Crippen molar-refractivity contribution in [1.82, 2.24) is 14.5 Å². The normalized spacial score (nSPS) is 19.8. The van der Waals surface area contributed by atoms with Crippen LogP contribution in [0, 0.1) is 5.82 Å². The molecule has 9 nitrogen and oxygen atoms in total. The molecule has 3 heterocycles. The summed E-state index contributed by atoms with van der Waals surface area (Å²) in [5.74, 6) is -1.13. The van der Waals surface area contributed by atoms with Crippen LogP contribution in [0.5, 0.6) is 0 Å². The zero-order valence-corrected chi connectivity index (χ0v) is 21.7. The minimum Gasteiger partial charge on any atom is -0.436 e. The van der Waals surface area contributed by atoms with E-state index < -0.39 is 31.5 Å². The van der Waals surface area contributed by atoms with E-state index in [0.717, 1.165) is 6.04 Å². The standard InChI is InChI=1S/C23H28ClFN4O5Si/c1-35(2,3)10-9-33-14-29-11-15(12-30)26-20(29)21(31)28-8-4-7-23(13-28)18-17(27-22(32)34-23)6-5-16(24)19(18)25/h5-6,11-12H,4,7-10,13-14H2,1-3H3,(H,27,32)/t23-/m0/s1. The number of benzene rings is 1. The summed E-state index contributed by atoms with van der Waals surface area (Å²) in [6.07, 6.45) is 2.08. The molecule has 2 aliphatic rings. The zero-order valence-electron chi connectivity index (χ0n) is 19.9. The predicted octanol–water partition coefficient (Wildman–Crippen LogP) is 4.49. The van der Waals surface area contributed by atoms with Crippen molar-refractivity contribution in [1.29, 1.82) is 0 Å². The molecular formula is C23H28ClFN4O5Si. The smallest absolute Gasteiger partial charge is 0.412 e. The Balaban J connectivity index is 1.59. The lowest BCUT2D eigenvalue weighted by molar-refractivity contribution is -0.0423. The quantitative estimate of drug-likeness (QED) is 0.326. The SMILES string of the molecule is C[Si](C)(C)CCOCn1cc(C=O)nc1C(=O)N1CCC[C@@]2(C1)OC(=O)Nc1ccc(Cl)c(F)c12. The number of aromatic nitrogens is 2. The summed E-state index contributed by atoms with van der Waals surface area (Å²) in [5, 5.41) is 2.40. The molecule has 0 bridgehead atoms. The number of nitrogens with one attached hydrogen (secondary N) is 1. The Hall–Kier alpha value is -2.76. The van der Waals surface area contributed by atoms with E-state index in [1.165, 1.54) is 27.8 Å². The number of hydrogen-bond acceptors (Lipinski definition) is 6. The third-order valence-corrected chi connectivity index (χ3v) is 8.15. The van der Waals surface area contributed by atoms with Gasteiger partial charge in [-0.3, -0.25) is 14.9 Å². The highest BCUT2D eigenvalue weighted by molar-refractivity contribution is 6.76. The minimum absolute atomic E-state index is 0.0317. The number of rotatable bonds is 7. The van der Waals surface area contributed by atoms with E-state index in [4.69, 9.17) is 21.1 Å². The number of hydrogen-bond donors (Lipinski definition) is 1. The molecule has 2 aromatic rings. The molecule has 1 spiro atoms. The van der Waals surface area contributed by atoms with Crippen molar-refractivity contribution in [3.8, 4) is 0 Å². The van der Waals surface area contributed by atoms with Gasteiger partial charge in [0.05, 0.1) is 22.8 Å². The second-order valence-corrected chi connectivity index (χ2v) is 16.1. The molecule has 0 unspecified atom stereocenters. The highest BCUT2D eigenvalue weighted by Crippen LogP contribution is 2.45. The molecule has 1 saturated heterocycles. The molecule has 2 aliphatic heterocycles. The van der Waals surface area contributed by atoms with Gasteiger partial charge in [0.25, 0.3) is 5.91 Å². The number of halogens is 2. The highest BCUT2D eigenvalue weighted by Gasteiger charge is 2.49. The summed E-state index contributed by atoms with van der Waals surface area (Å²) in [6, 6.07) is 3.83. The topological polar surface area (TPSA) is 103 Å². The highest BCUT2D eigenvalue weighted by atomic mass is 35.5. The maximum atomic E-state index is 15.1. The van der Waals surface area contributed by atoms with Gasteiger partial charge in [-0.2, -0.15) is 0 Å². The van der Waals surface area contributed by atoms with Gasteiger partial charge in [0, 0.05) is 27.4 Å². The first-order chi connectivity index (χ1) is 16.5. The number of anilines is 1. The number of amides is 2. The minimum atomic E-state index is -1.39. The Labute approximate surface area is 208 Å². The van der Waals surface area contributed by atoms with Crippen LogP contribution in [0.1, 0.15) is 39.5 Å². The van der Waals surface area contributed by atoms with Gasteiger partial charge in [0.2, 0.25) is 5.82 Å². The number of aldehydes is 1. The average molecular weight is 523 g/mol. The molecule has 4 rings (SSSR count). The van der Waals surface area contributed by atoms with Crippen LogP contribution in [0.4, 0.5) is 14.9 Å². The van der Waals surface area contributed by atoms with Crippen LogP contribution >= 0.6 is 11.6 Å². The van der Waals surface area contributed by atoms with Crippen molar-refractivity contribution in [2.75, 3.05) is 25.0 Å². The summed E-state index contributed by atoms with van der Waals surface area (Å²) in [5.41, 5.74) is -0.906. The van der Waals surface area contributed by atoms with E-state index >= 15 is 4.39 Å².